The third-order valence-electron chi connectivity index (χ3n) is 4.48. The Morgan fingerprint density at radius 1 is 1.13 bits per heavy atom. The van der Waals surface area contributed by atoms with Crippen LogP contribution in [-0.2, 0) is 9.53 Å². The molecule has 0 aromatic carbocycles. The number of amides is 3. The molecule has 9 nitrogen and oxygen atoms in total. The minimum atomic E-state index is -0.697. The predicted molar refractivity (Wildman–Crippen MR) is 113 cm³/mol. The molecule has 2 heterocycles. The van der Waals surface area contributed by atoms with Gasteiger partial charge in [0.15, 0.2) is 12.3 Å². The molecule has 0 atom stereocenters. The molecule has 0 saturated carbocycles. The lowest BCUT2D eigenvalue weighted by Gasteiger charge is -2.12. The van der Waals surface area contributed by atoms with Crippen molar-refractivity contribution in [1.29, 1.82) is 0 Å². The molecule has 0 radical (unpaired) electrons. The molecule has 2 N–H and O–H groups in total. The van der Waals surface area contributed by atoms with E-state index in [9.17, 15) is 14.4 Å². The largest absolute Gasteiger partial charge is 0.452 e. The fourth-order valence-corrected chi connectivity index (χ4v) is 2.77. The van der Waals surface area contributed by atoms with Crippen molar-refractivity contribution in [3.05, 3.63) is 23.5 Å². The van der Waals surface area contributed by atoms with Gasteiger partial charge < -0.3 is 10.1 Å². The van der Waals surface area contributed by atoms with Crippen LogP contribution in [0.1, 0.15) is 76.0 Å². The first kappa shape index (κ1) is 23.3. The second kappa shape index (κ2) is 10.2. The van der Waals surface area contributed by atoms with Gasteiger partial charge in [-0.15, -0.1) is 0 Å². The van der Waals surface area contributed by atoms with Crippen molar-refractivity contribution in [2.24, 2.45) is 5.92 Å². The van der Waals surface area contributed by atoms with Crippen LogP contribution in [-0.4, -0.2) is 45.8 Å². The summed E-state index contributed by atoms with van der Waals surface area (Å²) >= 11 is 0. The van der Waals surface area contributed by atoms with Crippen molar-refractivity contribution >= 4 is 28.9 Å². The normalized spacial score (nSPS) is 11.4. The summed E-state index contributed by atoms with van der Waals surface area (Å²) < 4.78 is 6.89. The zero-order valence-corrected chi connectivity index (χ0v) is 18.5. The van der Waals surface area contributed by atoms with Crippen LogP contribution in [0.4, 0.5) is 4.79 Å². The lowest BCUT2D eigenvalue weighted by atomic mass is 10.1. The number of imide groups is 1. The maximum absolute atomic E-state index is 12.7. The van der Waals surface area contributed by atoms with Crippen LogP contribution in [0.2, 0.25) is 0 Å². The third-order valence-corrected chi connectivity index (χ3v) is 4.48. The van der Waals surface area contributed by atoms with Gasteiger partial charge in [-0.3, -0.25) is 10.1 Å². The summed E-state index contributed by atoms with van der Waals surface area (Å²) in [4.78, 5) is 41.0. The van der Waals surface area contributed by atoms with Gasteiger partial charge in [-0.1, -0.05) is 27.7 Å². The van der Waals surface area contributed by atoms with Gasteiger partial charge in [-0.2, -0.15) is 5.10 Å². The molecule has 3 amide bonds. The summed E-state index contributed by atoms with van der Waals surface area (Å²) in [6.07, 6.45) is 2.38. The first-order chi connectivity index (χ1) is 14.1. The van der Waals surface area contributed by atoms with Gasteiger partial charge in [0, 0.05) is 18.3 Å². The van der Waals surface area contributed by atoms with Crippen molar-refractivity contribution in [1.82, 2.24) is 25.4 Å². The molecule has 0 spiro atoms. The van der Waals surface area contributed by atoms with Crippen molar-refractivity contribution in [3.63, 3.8) is 0 Å². The highest BCUT2D eigenvalue weighted by atomic mass is 16.5. The maximum atomic E-state index is 12.7. The van der Waals surface area contributed by atoms with Gasteiger partial charge in [0.05, 0.1) is 17.1 Å². The molecule has 0 unspecified atom stereocenters. The van der Waals surface area contributed by atoms with Crippen LogP contribution in [0.3, 0.4) is 0 Å². The van der Waals surface area contributed by atoms with E-state index < -0.39 is 24.5 Å². The Bertz CT molecular complexity index is 918. The van der Waals surface area contributed by atoms with E-state index in [0.717, 1.165) is 12.1 Å². The molecule has 0 bridgehead atoms. The molecule has 0 fully saturated rings. The average molecular weight is 418 g/mol. The Labute approximate surface area is 176 Å². The Hall–Kier alpha value is -2.97. The highest BCUT2D eigenvalue weighted by molar-refractivity contribution is 6.04. The Morgan fingerprint density at radius 2 is 1.83 bits per heavy atom. The first-order valence-electron chi connectivity index (χ1n) is 10.2. The van der Waals surface area contributed by atoms with Crippen LogP contribution in [0.15, 0.2) is 12.3 Å². The number of rotatable bonds is 8. The van der Waals surface area contributed by atoms with E-state index in [-0.39, 0.29) is 12.0 Å². The Kier molecular flexibility index (Phi) is 7.91. The zero-order valence-electron chi connectivity index (χ0n) is 18.5. The second-order valence-corrected chi connectivity index (χ2v) is 8.23. The van der Waals surface area contributed by atoms with E-state index in [2.05, 4.69) is 20.7 Å². The maximum Gasteiger partial charge on any atom is 0.339 e. The van der Waals surface area contributed by atoms with E-state index in [1.807, 2.05) is 41.5 Å². The number of carbonyl (C=O) groups excluding carboxylic acids is 3. The summed E-state index contributed by atoms with van der Waals surface area (Å²) in [5.41, 5.74) is 1.62. The van der Waals surface area contributed by atoms with Gasteiger partial charge in [0.25, 0.3) is 5.91 Å². The number of esters is 1. The summed E-state index contributed by atoms with van der Waals surface area (Å²) in [6.45, 7) is 11.9. The van der Waals surface area contributed by atoms with Crippen LogP contribution in [0.25, 0.3) is 11.0 Å². The number of carbonyl (C=O) groups is 3. The highest BCUT2D eigenvalue weighted by Crippen LogP contribution is 2.24. The van der Waals surface area contributed by atoms with E-state index in [1.54, 1.807) is 16.9 Å². The number of nitrogens with zero attached hydrogens (tertiary/aromatic N) is 3. The SMILES string of the molecule is CC(C)CCNC(=O)NC(=O)COC(=O)c1cc(C(C)C)nc2c1cnn2C(C)C. The number of hydrogen-bond acceptors (Lipinski definition) is 6. The van der Waals surface area contributed by atoms with Crippen LogP contribution in [0, 0.1) is 5.92 Å². The van der Waals surface area contributed by atoms with E-state index in [0.29, 0.717) is 29.1 Å². The summed E-state index contributed by atoms with van der Waals surface area (Å²) in [5.74, 6) is -0.829. The monoisotopic (exact) mass is 417 g/mol. The minimum absolute atomic E-state index is 0.0706. The quantitative estimate of drug-likeness (QED) is 0.638. The van der Waals surface area contributed by atoms with Crippen LogP contribution < -0.4 is 10.6 Å². The number of urea groups is 1. The topological polar surface area (TPSA) is 115 Å². The molecule has 2 aromatic rings. The minimum Gasteiger partial charge on any atom is -0.452 e. The first-order valence-corrected chi connectivity index (χ1v) is 10.2. The number of aromatic nitrogens is 3. The fourth-order valence-electron chi connectivity index (χ4n) is 2.77. The molecule has 2 rings (SSSR count). The van der Waals surface area contributed by atoms with E-state index >= 15 is 0 Å². The van der Waals surface area contributed by atoms with E-state index in [4.69, 9.17) is 4.74 Å². The van der Waals surface area contributed by atoms with Crippen molar-refractivity contribution in [3.8, 4) is 0 Å². The van der Waals surface area contributed by atoms with Gasteiger partial charge >= 0.3 is 12.0 Å². The number of hydrogen-bond donors (Lipinski definition) is 2. The Morgan fingerprint density at radius 3 is 2.43 bits per heavy atom. The lowest BCUT2D eigenvalue weighted by molar-refractivity contribution is -0.123. The molecule has 0 aliphatic rings. The van der Waals surface area contributed by atoms with Gasteiger partial charge in [0.2, 0.25) is 0 Å². The Balaban J connectivity index is 2.08. The molecule has 164 valence electrons. The fraction of sp³-hybridized carbons (Fsp3) is 0.571. The second-order valence-electron chi connectivity index (χ2n) is 8.23. The molecule has 30 heavy (non-hydrogen) atoms. The number of nitrogens with one attached hydrogen (secondary N) is 2. The average Bonchev–Trinajstić information content (AvgIpc) is 3.09. The molecule has 2 aromatic heterocycles. The van der Waals surface area contributed by atoms with Crippen LogP contribution in [0.5, 0.6) is 0 Å². The summed E-state index contributed by atoms with van der Waals surface area (Å²) in [6, 6.07) is 1.13. The number of ether oxygens (including phenoxy) is 1. The molecular formula is C21H31N5O4. The summed E-state index contributed by atoms with van der Waals surface area (Å²) in [7, 11) is 0. The number of fused-ring (bicyclic) bond motifs is 1. The molecule has 0 aliphatic carbocycles. The van der Waals surface area contributed by atoms with E-state index in [1.165, 1.54) is 0 Å². The van der Waals surface area contributed by atoms with Gasteiger partial charge in [-0.05, 0) is 38.2 Å². The zero-order chi connectivity index (χ0) is 22.4. The number of pyridine rings is 1. The van der Waals surface area contributed by atoms with Crippen molar-refractivity contribution in [2.45, 2.75) is 59.9 Å². The third kappa shape index (κ3) is 6.01. The molecular weight excluding hydrogens is 386 g/mol. The highest BCUT2D eigenvalue weighted by Gasteiger charge is 2.21. The molecule has 9 heteroatoms. The smallest absolute Gasteiger partial charge is 0.339 e. The standard InChI is InChI=1S/C21H31N5O4/c1-12(2)7-8-22-21(29)25-18(27)11-30-20(28)15-9-17(13(3)4)24-19-16(15)10-23-26(19)14(5)6/h9-10,12-14H,7-8,11H2,1-6H3,(H2,22,25,27,29). The van der Waals surface area contributed by atoms with Crippen molar-refractivity contribution in [2.75, 3.05) is 13.2 Å². The van der Waals surface area contributed by atoms with Gasteiger partial charge in [0.1, 0.15) is 0 Å². The predicted octanol–water partition coefficient (Wildman–Crippen LogP) is 3.16. The van der Waals surface area contributed by atoms with Gasteiger partial charge in [-0.25, -0.2) is 19.3 Å². The molecule has 0 saturated heterocycles. The van der Waals surface area contributed by atoms with Crippen molar-refractivity contribution < 1.29 is 19.1 Å². The lowest BCUT2D eigenvalue weighted by Crippen LogP contribution is -2.42. The summed E-state index contributed by atoms with van der Waals surface area (Å²) in [5, 5.41) is 9.63. The van der Waals surface area contributed by atoms with Crippen LogP contribution >= 0.6 is 0 Å². The molecule has 0 aliphatic heterocycles.